The summed E-state index contributed by atoms with van der Waals surface area (Å²) in [7, 11) is 0. The third-order valence-corrected chi connectivity index (χ3v) is 3.86. The Morgan fingerprint density at radius 1 is 1.09 bits per heavy atom. The first kappa shape index (κ1) is 15.3. The van der Waals surface area contributed by atoms with Crippen molar-refractivity contribution >= 4 is 11.8 Å². The van der Waals surface area contributed by atoms with E-state index >= 15 is 0 Å². The summed E-state index contributed by atoms with van der Waals surface area (Å²) in [6, 6.07) is 12.4. The summed E-state index contributed by atoms with van der Waals surface area (Å²) in [4.78, 5) is 19.7. The van der Waals surface area contributed by atoms with Gasteiger partial charge in [0.15, 0.2) is 0 Å². The largest absolute Gasteiger partial charge is 0.478 e. The molecule has 0 amide bonds. The van der Waals surface area contributed by atoms with Crippen molar-refractivity contribution < 1.29 is 14.6 Å². The molecule has 1 aromatic carbocycles. The number of nitrogens with zero attached hydrogens (tertiary/aromatic N) is 3. The lowest BCUT2D eigenvalue weighted by atomic mass is 10.2. The molecule has 0 unspecified atom stereocenters. The van der Waals surface area contributed by atoms with Gasteiger partial charge in [-0.2, -0.15) is 0 Å². The van der Waals surface area contributed by atoms with E-state index in [2.05, 4.69) is 14.8 Å². The lowest BCUT2D eigenvalue weighted by molar-refractivity contribution is 0.0696. The molecule has 1 N–H and O–H groups in total. The highest BCUT2D eigenvalue weighted by molar-refractivity contribution is 5.87. The van der Waals surface area contributed by atoms with E-state index in [-0.39, 0.29) is 5.56 Å². The zero-order chi connectivity index (χ0) is 16.1. The number of hydrogen-bond donors (Lipinski definition) is 1. The second-order valence-electron chi connectivity index (χ2n) is 5.40. The maximum absolute atomic E-state index is 10.8. The molecule has 0 saturated carbocycles. The van der Waals surface area contributed by atoms with Crippen LogP contribution < -0.4 is 9.64 Å². The fourth-order valence-electron chi connectivity index (χ4n) is 2.51. The number of anilines is 1. The number of aromatic carboxylic acids is 1. The Kier molecular flexibility index (Phi) is 4.73. The van der Waals surface area contributed by atoms with E-state index in [1.165, 1.54) is 0 Å². The Bertz CT molecular complexity index is 638. The molecule has 23 heavy (non-hydrogen) atoms. The van der Waals surface area contributed by atoms with E-state index in [0.717, 1.165) is 32.0 Å². The van der Waals surface area contributed by atoms with Gasteiger partial charge >= 0.3 is 5.97 Å². The second kappa shape index (κ2) is 7.11. The van der Waals surface area contributed by atoms with Gasteiger partial charge in [0, 0.05) is 32.4 Å². The maximum atomic E-state index is 10.8. The first-order chi connectivity index (χ1) is 11.2. The fourth-order valence-corrected chi connectivity index (χ4v) is 2.51. The number of carboxylic acids is 1. The first-order valence-electron chi connectivity index (χ1n) is 7.57. The SMILES string of the molecule is O=C(O)c1ccc(OCN2CCN(c3ccccn3)CC2)cc1. The fraction of sp³-hybridized carbons (Fsp3) is 0.294. The van der Waals surface area contributed by atoms with Crippen LogP contribution in [0.25, 0.3) is 0 Å². The molecule has 1 fully saturated rings. The third-order valence-electron chi connectivity index (χ3n) is 3.86. The molecule has 1 aromatic heterocycles. The van der Waals surface area contributed by atoms with Crippen molar-refractivity contribution in [1.29, 1.82) is 0 Å². The van der Waals surface area contributed by atoms with E-state index in [9.17, 15) is 4.79 Å². The Morgan fingerprint density at radius 3 is 2.43 bits per heavy atom. The minimum Gasteiger partial charge on any atom is -0.478 e. The molecular formula is C17H19N3O3. The van der Waals surface area contributed by atoms with Gasteiger partial charge in [-0.15, -0.1) is 0 Å². The van der Waals surface area contributed by atoms with Crippen LogP contribution in [0.3, 0.4) is 0 Å². The molecule has 1 aliphatic rings. The predicted molar refractivity (Wildman–Crippen MR) is 86.9 cm³/mol. The number of carbonyl (C=O) groups is 1. The summed E-state index contributed by atoms with van der Waals surface area (Å²) in [6.45, 7) is 4.15. The molecule has 120 valence electrons. The zero-order valence-corrected chi connectivity index (χ0v) is 12.8. The number of benzene rings is 1. The van der Waals surface area contributed by atoms with E-state index in [4.69, 9.17) is 9.84 Å². The Hall–Kier alpha value is -2.60. The highest BCUT2D eigenvalue weighted by Crippen LogP contribution is 2.15. The quantitative estimate of drug-likeness (QED) is 0.910. The van der Waals surface area contributed by atoms with Crippen molar-refractivity contribution in [3.8, 4) is 5.75 Å². The van der Waals surface area contributed by atoms with Gasteiger partial charge in [-0.3, -0.25) is 4.90 Å². The van der Waals surface area contributed by atoms with Gasteiger partial charge in [-0.05, 0) is 36.4 Å². The van der Waals surface area contributed by atoms with Crippen molar-refractivity contribution in [2.24, 2.45) is 0 Å². The predicted octanol–water partition coefficient (Wildman–Crippen LogP) is 1.94. The maximum Gasteiger partial charge on any atom is 0.335 e. The summed E-state index contributed by atoms with van der Waals surface area (Å²) in [5, 5.41) is 8.87. The van der Waals surface area contributed by atoms with Gasteiger partial charge in [0.2, 0.25) is 0 Å². The summed E-state index contributed by atoms with van der Waals surface area (Å²) in [5.74, 6) is 0.765. The average molecular weight is 313 g/mol. The Balaban J connectivity index is 1.46. The molecule has 0 spiro atoms. The van der Waals surface area contributed by atoms with Gasteiger partial charge in [0.05, 0.1) is 5.56 Å². The van der Waals surface area contributed by atoms with E-state index in [1.807, 2.05) is 24.4 Å². The highest BCUT2D eigenvalue weighted by Gasteiger charge is 2.17. The average Bonchev–Trinajstić information content (AvgIpc) is 2.61. The number of carboxylic acid groups (broad SMARTS) is 1. The van der Waals surface area contributed by atoms with Crippen LogP contribution in [-0.2, 0) is 0 Å². The van der Waals surface area contributed by atoms with E-state index in [0.29, 0.717) is 12.5 Å². The number of ether oxygens (including phenoxy) is 1. The molecule has 2 heterocycles. The second-order valence-corrected chi connectivity index (χ2v) is 5.40. The normalized spacial score (nSPS) is 15.4. The summed E-state index contributed by atoms with van der Waals surface area (Å²) in [6.07, 6.45) is 1.81. The minimum absolute atomic E-state index is 0.265. The monoisotopic (exact) mass is 313 g/mol. The zero-order valence-electron chi connectivity index (χ0n) is 12.8. The smallest absolute Gasteiger partial charge is 0.335 e. The molecule has 1 saturated heterocycles. The molecular weight excluding hydrogens is 294 g/mol. The Labute approximate surface area is 134 Å². The van der Waals surface area contributed by atoms with Crippen molar-refractivity contribution in [2.75, 3.05) is 37.8 Å². The lowest BCUT2D eigenvalue weighted by Crippen LogP contribution is -2.47. The van der Waals surface area contributed by atoms with Crippen LogP contribution in [0, 0.1) is 0 Å². The lowest BCUT2D eigenvalue weighted by Gasteiger charge is -2.35. The first-order valence-corrected chi connectivity index (χ1v) is 7.57. The highest BCUT2D eigenvalue weighted by atomic mass is 16.5. The van der Waals surface area contributed by atoms with Gasteiger partial charge in [-0.1, -0.05) is 6.07 Å². The summed E-state index contributed by atoms with van der Waals surface area (Å²) < 4.78 is 5.72. The number of hydrogen-bond acceptors (Lipinski definition) is 5. The van der Waals surface area contributed by atoms with Gasteiger partial charge < -0.3 is 14.7 Å². The molecule has 1 aliphatic heterocycles. The summed E-state index contributed by atoms with van der Waals surface area (Å²) in [5.41, 5.74) is 0.265. The van der Waals surface area contributed by atoms with Crippen molar-refractivity contribution in [3.63, 3.8) is 0 Å². The van der Waals surface area contributed by atoms with E-state index in [1.54, 1.807) is 24.3 Å². The standard InChI is InChI=1S/C17H19N3O3/c21-17(22)14-4-6-15(7-5-14)23-13-19-9-11-20(12-10-19)16-3-1-2-8-18-16/h1-8H,9-13H2,(H,21,22). The number of rotatable bonds is 5. The van der Waals surface area contributed by atoms with Crippen molar-refractivity contribution in [3.05, 3.63) is 54.2 Å². The van der Waals surface area contributed by atoms with Gasteiger partial charge in [0.25, 0.3) is 0 Å². The summed E-state index contributed by atoms with van der Waals surface area (Å²) >= 11 is 0. The molecule has 2 aromatic rings. The molecule has 0 bridgehead atoms. The molecule has 0 radical (unpaired) electrons. The molecule has 0 aliphatic carbocycles. The minimum atomic E-state index is -0.929. The third kappa shape index (κ3) is 3.98. The topological polar surface area (TPSA) is 65.9 Å². The van der Waals surface area contributed by atoms with Gasteiger partial charge in [0.1, 0.15) is 18.3 Å². The molecule has 0 atom stereocenters. The van der Waals surface area contributed by atoms with Crippen LogP contribution in [0.1, 0.15) is 10.4 Å². The number of piperazine rings is 1. The van der Waals surface area contributed by atoms with E-state index < -0.39 is 5.97 Å². The van der Waals surface area contributed by atoms with Crippen LogP contribution in [0.15, 0.2) is 48.7 Å². The Morgan fingerprint density at radius 2 is 1.83 bits per heavy atom. The number of pyridine rings is 1. The van der Waals surface area contributed by atoms with Crippen LogP contribution in [-0.4, -0.2) is 53.9 Å². The van der Waals surface area contributed by atoms with Crippen LogP contribution >= 0.6 is 0 Å². The van der Waals surface area contributed by atoms with Crippen LogP contribution in [0.4, 0.5) is 5.82 Å². The van der Waals surface area contributed by atoms with Crippen molar-refractivity contribution in [2.45, 2.75) is 0 Å². The molecule has 6 heteroatoms. The molecule has 6 nitrogen and oxygen atoms in total. The van der Waals surface area contributed by atoms with Crippen LogP contribution in [0.2, 0.25) is 0 Å². The number of aromatic nitrogens is 1. The van der Waals surface area contributed by atoms with Crippen molar-refractivity contribution in [1.82, 2.24) is 9.88 Å². The van der Waals surface area contributed by atoms with Crippen LogP contribution in [0.5, 0.6) is 5.75 Å². The van der Waals surface area contributed by atoms with Gasteiger partial charge in [-0.25, -0.2) is 9.78 Å². The molecule has 3 rings (SSSR count).